The number of esters is 1. The summed E-state index contributed by atoms with van der Waals surface area (Å²) in [6, 6.07) is 5.80. The predicted molar refractivity (Wildman–Crippen MR) is 89.6 cm³/mol. The Bertz CT molecular complexity index is 552. The third kappa shape index (κ3) is 6.30. The van der Waals surface area contributed by atoms with E-state index in [9.17, 15) is 9.59 Å². The Kier molecular flexibility index (Phi) is 7.07. The number of amides is 1. The van der Waals surface area contributed by atoms with Crippen LogP contribution in [0.2, 0.25) is 0 Å². The fraction of sp³-hybridized carbons (Fsp3) is 0.556. The van der Waals surface area contributed by atoms with Crippen molar-refractivity contribution in [3.05, 3.63) is 29.3 Å². The van der Waals surface area contributed by atoms with Crippen LogP contribution in [-0.4, -0.2) is 30.6 Å². The van der Waals surface area contributed by atoms with Crippen molar-refractivity contribution in [2.24, 2.45) is 0 Å². The highest BCUT2D eigenvalue weighted by atomic mass is 16.5. The molecule has 5 heteroatoms. The highest BCUT2D eigenvalue weighted by molar-refractivity contribution is 5.84. The van der Waals surface area contributed by atoms with Crippen molar-refractivity contribution in [2.45, 2.75) is 59.7 Å². The zero-order chi connectivity index (χ0) is 17.6. The molecule has 5 nitrogen and oxygen atoms in total. The summed E-state index contributed by atoms with van der Waals surface area (Å²) >= 11 is 0. The van der Waals surface area contributed by atoms with E-state index in [1.807, 2.05) is 25.1 Å². The summed E-state index contributed by atoms with van der Waals surface area (Å²) in [5.41, 5.74) is 2.39. The molecule has 0 saturated carbocycles. The van der Waals surface area contributed by atoms with Gasteiger partial charge in [0.25, 0.3) is 5.91 Å². The van der Waals surface area contributed by atoms with E-state index < -0.39 is 12.1 Å². The largest absolute Gasteiger partial charge is 0.481 e. The number of hydrogen-bond acceptors (Lipinski definition) is 4. The Morgan fingerprint density at radius 1 is 1.13 bits per heavy atom. The standard InChI is InChI=1S/C18H27NO4/c1-11(2)16-8-7-15(9-13(16)5)23-14(6)18(21)19-10-17(20)22-12(3)4/h7-9,11-12,14H,10H2,1-6H3,(H,19,21). The van der Waals surface area contributed by atoms with Crippen molar-refractivity contribution in [3.63, 3.8) is 0 Å². The topological polar surface area (TPSA) is 64.6 Å². The Morgan fingerprint density at radius 3 is 2.30 bits per heavy atom. The molecular formula is C18H27NO4. The van der Waals surface area contributed by atoms with Gasteiger partial charge in [-0.15, -0.1) is 0 Å². The first kappa shape index (κ1) is 19.0. The molecule has 1 aromatic rings. The summed E-state index contributed by atoms with van der Waals surface area (Å²) in [6.45, 7) is 11.3. The van der Waals surface area contributed by atoms with E-state index in [1.54, 1.807) is 20.8 Å². The molecule has 0 bridgehead atoms. The van der Waals surface area contributed by atoms with Crippen LogP contribution >= 0.6 is 0 Å². The lowest BCUT2D eigenvalue weighted by Crippen LogP contribution is -2.39. The minimum absolute atomic E-state index is 0.157. The van der Waals surface area contributed by atoms with E-state index in [1.165, 1.54) is 5.56 Å². The van der Waals surface area contributed by atoms with E-state index in [0.717, 1.165) is 5.56 Å². The number of aryl methyl sites for hydroxylation is 1. The van der Waals surface area contributed by atoms with Gasteiger partial charge in [-0.3, -0.25) is 9.59 Å². The van der Waals surface area contributed by atoms with Crippen molar-refractivity contribution >= 4 is 11.9 Å². The second kappa shape index (κ2) is 8.56. The van der Waals surface area contributed by atoms with Gasteiger partial charge >= 0.3 is 5.97 Å². The maximum atomic E-state index is 12.0. The van der Waals surface area contributed by atoms with Gasteiger partial charge in [0.1, 0.15) is 12.3 Å². The number of nitrogens with one attached hydrogen (secondary N) is 1. The summed E-state index contributed by atoms with van der Waals surface area (Å²) in [4.78, 5) is 23.4. The van der Waals surface area contributed by atoms with Gasteiger partial charge in [-0.2, -0.15) is 0 Å². The van der Waals surface area contributed by atoms with E-state index in [0.29, 0.717) is 11.7 Å². The highest BCUT2D eigenvalue weighted by Crippen LogP contribution is 2.24. The minimum atomic E-state index is -0.689. The van der Waals surface area contributed by atoms with Crippen LogP contribution in [0.1, 0.15) is 51.7 Å². The Hall–Kier alpha value is -2.04. The summed E-state index contributed by atoms with van der Waals surface area (Å²) < 4.78 is 10.6. The Morgan fingerprint density at radius 2 is 1.78 bits per heavy atom. The molecule has 1 unspecified atom stereocenters. The number of benzene rings is 1. The number of carbonyl (C=O) groups is 2. The average molecular weight is 321 g/mol. The number of carbonyl (C=O) groups excluding carboxylic acids is 2. The Labute approximate surface area is 138 Å². The number of hydrogen-bond donors (Lipinski definition) is 1. The monoisotopic (exact) mass is 321 g/mol. The first-order valence-electron chi connectivity index (χ1n) is 7.95. The predicted octanol–water partition coefficient (Wildman–Crippen LogP) is 2.95. The number of ether oxygens (including phenoxy) is 2. The van der Waals surface area contributed by atoms with Crippen LogP contribution in [0.5, 0.6) is 5.75 Å². The summed E-state index contributed by atoms with van der Waals surface area (Å²) in [5.74, 6) is 0.269. The van der Waals surface area contributed by atoms with Gasteiger partial charge in [-0.25, -0.2) is 0 Å². The lowest BCUT2D eigenvalue weighted by Gasteiger charge is -2.17. The first-order chi connectivity index (χ1) is 10.7. The minimum Gasteiger partial charge on any atom is -0.481 e. The van der Waals surface area contributed by atoms with Gasteiger partial charge in [0, 0.05) is 0 Å². The van der Waals surface area contributed by atoms with Crippen molar-refractivity contribution in [1.29, 1.82) is 0 Å². The van der Waals surface area contributed by atoms with Crippen LogP contribution in [0.15, 0.2) is 18.2 Å². The van der Waals surface area contributed by atoms with Gasteiger partial charge in [0.15, 0.2) is 6.10 Å². The van der Waals surface area contributed by atoms with E-state index in [4.69, 9.17) is 9.47 Å². The molecule has 1 N–H and O–H groups in total. The average Bonchev–Trinajstić information content (AvgIpc) is 2.43. The molecular weight excluding hydrogens is 294 g/mol. The molecule has 1 aromatic carbocycles. The highest BCUT2D eigenvalue weighted by Gasteiger charge is 2.17. The van der Waals surface area contributed by atoms with Crippen LogP contribution in [-0.2, 0) is 14.3 Å². The molecule has 1 atom stereocenters. The second-order valence-electron chi connectivity index (χ2n) is 6.19. The third-order valence-electron chi connectivity index (χ3n) is 3.32. The van der Waals surface area contributed by atoms with Crippen molar-refractivity contribution < 1.29 is 19.1 Å². The lowest BCUT2D eigenvalue weighted by molar-refractivity contribution is -0.147. The van der Waals surface area contributed by atoms with Gasteiger partial charge in [0.05, 0.1) is 6.10 Å². The molecule has 23 heavy (non-hydrogen) atoms. The smallest absolute Gasteiger partial charge is 0.325 e. The second-order valence-corrected chi connectivity index (χ2v) is 6.19. The van der Waals surface area contributed by atoms with E-state index >= 15 is 0 Å². The molecule has 0 aromatic heterocycles. The zero-order valence-corrected chi connectivity index (χ0v) is 14.8. The summed E-state index contributed by atoms with van der Waals surface area (Å²) in [7, 11) is 0. The molecule has 0 aliphatic carbocycles. The fourth-order valence-corrected chi connectivity index (χ4v) is 2.23. The normalized spacial score (nSPS) is 12.2. The summed E-state index contributed by atoms with van der Waals surface area (Å²) in [5, 5.41) is 2.51. The molecule has 0 fully saturated rings. The van der Waals surface area contributed by atoms with E-state index in [2.05, 4.69) is 19.2 Å². The molecule has 0 aliphatic rings. The third-order valence-corrected chi connectivity index (χ3v) is 3.32. The molecule has 1 rings (SSSR count). The zero-order valence-electron chi connectivity index (χ0n) is 14.8. The van der Waals surface area contributed by atoms with Crippen molar-refractivity contribution in [1.82, 2.24) is 5.32 Å². The van der Waals surface area contributed by atoms with Gasteiger partial charge in [-0.1, -0.05) is 19.9 Å². The summed E-state index contributed by atoms with van der Waals surface area (Å²) in [6.07, 6.45) is -0.887. The molecule has 0 heterocycles. The first-order valence-corrected chi connectivity index (χ1v) is 7.95. The molecule has 0 spiro atoms. The van der Waals surface area contributed by atoms with Crippen molar-refractivity contribution in [3.8, 4) is 5.75 Å². The fourth-order valence-electron chi connectivity index (χ4n) is 2.23. The maximum absolute atomic E-state index is 12.0. The molecule has 0 aliphatic heterocycles. The van der Waals surface area contributed by atoms with Gasteiger partial charge in [-0.05, 0) is 56.9 Å². The van der Waals surface area contributed by atoms with Crippen LogP contribution in [0.3, 0.4) is 0 Å². The SMILES string of the molecule is Cc1cc(OC(C)C(=O)NCC(=O)OC(C)C)ccc1C(C)C. The maximum Gasteiger partial charge on any atom is 0.325 e. The number of rotatable bonds is 7. The Balaban J connectivity index is 2.55. The van der Waals surface area contributed by atoms with Crippen LogP contribution in [0.4, 0.5) is 0 Å². The molecule has 0 saturated heterocycles. The molecule has 0 radical (unpaired) electrons. The van der Waals surface area contributed by atoms with Crippen molar-refractivity contribution in [2.75, 3.05) is 6.54 Å². The van der Waals surface area contributed by atoms with Gasteiger partial charge in [0.2, 0.25) is 0 Å². The molecule has 1 amide bonds. The quantitative estimate of drug-likeness (QED) is 0.784. The molecule has 128 valence electrons. The van der Waals surface area contributed by atoms with E-state index in [-0.39, 0.29) is 18.6 Å². The van der Waals surface area contributed by atoms with Gasteiger partial charge < -0.3 is 14.8 Å². The van der Waals surface area contributed by atoms with Crippen LogP contribution in [0, 0.1) is 6.92 Å². The van der Waals surface area contributed by atoms with Crippen LogP contribution < -0.4 is 10.1 Å². The van der Waals surface area contributed by atoms with Crippen LogP contribution in [0.25, 0.3) is 0 Å². The lowest BCUT2D eigenvalue weighted by atomic mass is 9.98.